The van der Waals surface area contributed by atoms with Crippen LogP contribution < -0.4 is 10.3 Å². The molecule has 0 saturated heterocycles. The molecule has 0 atom stereocenters. The molecule has 2 heterocycles. The maximum atomic E-state index is 12.7. The normalized spacial score (nSPS) is 11.0. The summed E-state index contributed by atoms with van der Waals surface area (Å²) in [6.07, 6.45) is 3.22. The zero-order chi connectivity index (χ0) is 21.4. The number of ether oxygens (including phenoxy) is 1. The summed E-state index contributed by atoms with van der Waals surface area (Å²) in [5, 5.41) is 13.5. The number of hydrogen-bond acceptors (Lipinski definition) is 5. The van der Waals surface area contributed by atoms with Crippen LogP contribution in [0.1, 0.15) is 28.4 Å². The maximum Gasteiger partial charge on any atom is 0.338 e. The lowest BCUT2D eigenvalue weighted by atomic mass is 10.1. The van der Waals surface area contributed by atoms with Crippen LogP contribution in [0.15, 0.2) is 47.5 Å². The number of nitrogens with zero attached hydrogens (tertiary/aromatic N) is 3. The Bertz CT molecular complexity index is 1340. The molecule has 0 aliphatic heterocycles. The monoisotopic (exact) mass is 424 g/mol. The molecule has 0 amide bonds. The molecule has 2 aromatic heterocycles. The van der Waals surface area contributed by atoms with Gasteiger partial charge in [0.25, 0.3) is 5.56 Å². The van der Waals surface area contributed by atoms with Crippen molar-refractivity contribution >= 4 is 28.5 Å². The number of carboxylic acids is 1. The fourth-order valence-electron chi connectivity index (χ4n) is 3.11. The van der Waals surface area contributed by atoms with E-state index in [4.69, 9.17) is 21.4 Å². The molecule has 0 bridgehead atoms. The Kier molecular flexibility index (Phi) is 5.01. The van der Waals surface area contributed by atoms with E-state index in [1.54, 1.807) is 6.07 Å². The number of aromatic nitrogens is 4. The van der Waals surface area contributed by atoms with Gasteiger partial charge in [0.15, 0.2) is 0 Å². The number of para-hydroxylation sites is 1. The number of hydrogen-bond donors (Lipinski definition) is 2. The molecule has 8 nitrogen and oxygen atoms in total. The highest BCUT2D eigenvalue weighted by molar-refractivity contribution is 6.32. The molecule has 152 valence electrons. The van der Waals surface area contributed by atoms with E-state index in [0.29, 0.717) is 22.0 Å². The molecule has 9 heteroatoms. The van der Waals surface area contributed by atoms with E-state index in [1.807, 2.05) is 32.0 Å². The fraction of sp³-hybridized carbons (Fsp3) is 0.143. The third-order valence-electron chi connectivity index (χ3n) is 4.68. The third-order valence-corrected chi connectivity index (χ3v) is 4.97. The number of aromatic carboxylic acids is 1. The van der Waals surface area contributed by atoms with E-state index < -0.39 is 11.5 Å². The molecule has 4 aromatic rings. The van der Waals surface area contributed by atoms with Gasteiger partial charge >= 0.3 is 5.97 Å². The van der Waals surface area contributed by atoms with Crippen LogP contribution in [0.5, 0.6) is 11.5 Å². The van der Waals surface area contributed by atoms with Crippen molar-refractivity contribution in [1.29, 1.82) is 0 Å². The summed E-state index contributed by atoms with van der Waals surface area (Å²) in [7, 11) is 0. The Labute approximate surface area is 175 Å². The van der Waals surface area contributed by atoms with Crippen LogP contribution in [0.2, 0.25) is 5.02 Å². The van der Waals surface area contributed by atoms with Crippen molar-refractivity contribution in [3.05, 3.63) is 74.8 Å². The first-order valence-corrected chi connectivity index (χ1v) is 9.53. The first-order valence-electron chi connectivity index (χ1n) is 9.15. The van der Waals surface area contributed by atoms with Gasteiger partial charge in [-0.2, -0.15) is 5.10 Å². The van der Waals surface area contributed by atoms with Gasteiger partial charge in [-0.15, -0.1) is 0 Å². The lowest BCUT2D eigenvalue weighted by molar-refractivity contribution is 0.0697. The Morgan fingerprint density at radius 3 is 2.83 bits per heavy atom. The second kappa shape index (κ2) is 7.64. The molecule has 0 fully saturated rings. The predicted molar refractivity (Wildman–Crippen MR) is 112 cm³/mol. The number of nitrogens with one attached hydrogen (secondary N) is 1. The van der Waals surface area contributed by atoms with Crippen LogP contribution in [-0.4, -0.2) is 30.8 Å². The van der Waals surface area contributed by atoms with Crippen LogP contribution in [0, 0.1) is 6.92 Å². The fourth-order valence-corrected chi connectivity index (χ4v) is 3.31. The van der Waals surface area contributed by atoms with Crippen LogP contribution in [-0.2, 0) is 6.42 Å². The van der Waals surface area contributed by atoms with Gasteiger partial charge in [0, 0.05) is 6.20 Å². The van der Waals surface area contributed by atoms with Crippen LogP contribution >= 0.6 is 11.6 Å². The Morgan fingerprint density at radius 2 is 2.13 bits per heavy atom. The Balaban J connectivity index is 1.79. The molecule has 0 saturated carbocycles. The van der Waals surface area contributed by atoms with Gasteiger partial charge in [0.2, 0.25) is 5.95 Å². The summed E-state index contributed by atoms with van der Waals surface area (Å²) in [5.74, 6) is 0.00857. The minimum Gasteiger partial charge on any atom is -0.478 e. The number of rotatable bonds is 5. The summed E-state index contributed by atoms with van der Waals surface area (Å²) < 4.78 is 7.26. The molecule has 2 N–H and O–H groups in total. The van der Waals surface area contributed by atoms with Crippen LogP contribution in [0.25, 0.3) is 16.9 Å². The molecule has 2 aromatic carbocycles. The molecule has 0 spiro atoms. The molecule has 30 heavy (non-hydrogen) atoms. The molecule has 0 unspecified atom stereocenters. The number of aromatic amines is 1. The van der Waals surface area contributed by atoms with Crippen molar-refractivity contribution in [3.8, 4) is 17.4 Å². The summed E-state index contributed by atoms with van der Waals surface area (Å²) in [4.78, 5) is 30.7. The van der Waals surface area contributed by atoms with Crippen molar-refractivity contribution in [2.45, 2.75) is 20.3 Å². The lowest BCUT2D eigenvalue weighted by Gasteiger charge is -2.14. The standard InChI is InChI=1S/C21H17ClN4O4/c1-3-12-6-4-5-11(2)18(12)30-17-7-14-16(8-15(17)22)24-21(25-19(14)27)26-10-13(9-23-26)20(28)29/h4-10H,3H2,1-2H3,(H,28,29)(H,24,25,27). The number of fused-ring (bicyclic) bond motifs is 1. The van der Waals surface area contributed by atoms with Gasteiger partial charge in [0.05, 0.1) is 27.7 Å². The molecule has 4 rings (SSSR count). The number of aryl methyl sites for hydroxylation is 2. The zero-order valence-electron chi connectivity index (χ0n) is 16.1. The Hall–Kier alpha value is -3.65. The molecule has 0 aliphatic carbocycles. The van der Waals surface area contributed by atoms with Crippen molar-refractivity contribution in [1.82, 2.24) is 19.7 Å². The van der Waals surface area contributed by atoms with Crippen LogP contribution in [0.4, 0.5) is 0 Å². The molecular weight excluding hydrogens is 408 g/mol. The molecular formula is C21H17ClN4O4. The number of carboxylic acid groups (broad SMARTS) is 1. The summed E-state index contributed by atoms with van der Waals surface area (Å²) in [6, 6.07) is 8.97. The second-order valence-corrected chi connectivity index (χ2v) is 7.09. The van der Waals surface area contributed by atoms with E-state index >= 15 is 0 Å². The van der Waals surface area contributed by atoms with Crippen molar-refractivity contribution in [3.63, 3.8) is 0 Å². The quantitative estimate of drug-likeness (QED) is 0.498. The van der Waals surface area contributed by atoms with Crippen molar-refractivity contribution < 1.29 is 14.6 Å². The number of H-pyrrole nitrogens is 1. The van der Waals surface area contributed by atoms with E-state index in [1.165, 1.54) is 23.1 Å². The maximum absolute atomic E-state index is 12.7. The smallest absolute Gasteiger partial charge is 0.338 e. The van der Waals surface area contributed by atoms with Gasteiger partial charge < -0.3 is 9.84 Å². The van der Waals surface area contributed by atoms with Crippen molar-refractivity contribution in [2.75, 3.05) is 0 Å². The third kappa shape index (κ3) is 3.53. The molecule has 0 radical (unpaired) electrons. The first kappa shape index (κ1) is 19.7. The SMILES string of the molecule is CCc1cccc(C)c1Oc1cc2c(=O)[nH]c(-n3cc(C(=O)O)cn3)nc2cc1Cl. The number of benzene rings is 2. The van der Waals surface area contributed by atoms with Gasteiger partial charge in [-0.25, -0.2) is 14.5 Å². The highest BCUT2D eigenvalue weighted by Gasteiger charge is 2.15. The topological polar surface area (TPSA) is 110 Å². The molecule has 0 aliphatic rings. The minimum absolute atomic E-state index is 0.0236. The van der Waals surface area contributed by atoms with Gasteiger partial charge in [-0.05, 0) is 36.6 Å². The zero-order valence-corrected chi connectivity index (χ0v) is 16.9. The minimum atomic E-state index is -1.13. The Morgan fingerprint density at radius 1 is 1.33 bits per heavy atom. The van der Waals surface area contributed by atoms with Gasteiger partial charge in [-0.1, -0.05) is 36.7 Å². The average Bonchev–Trinajstić information content (AvgIpc) is 3.21. The average molecular weight is 425 g/mol. The van der Waals surface area contributed by atoms with Crippen molar-refractivity contribution in [2.24, 2.45) is 0 Å². The largest absolute Gasteiger partial charge is 0.478 e. The summed E-state index contributed by atoms with van der Waals surface area (Å²) in [6.45, 7) is 3.98. The van der Waals surface area contributed by atoms with Crippen LogP contribution in [0.3, 0.4) is 0 Å². The predicted octanol–water partition coefficient (Wildman–Crippen LogP) is 4.12. The highest BCUT2D eigenvalue weighted by Crippen LogP contribution is 2.35. The van der Waals surface area contributed by atoms with E-state index in [9.17, 15) is 9.59 Å². The number of carbonyl (C=O) groups is 1. The second-order valence-electron chi connectivity index (χ2n) is 6.69. The van der Waals surface area contributed by atoms with E-state index in [-0.39, 0.29) is 16.9 Å². The van der Waals surface area contributed by atoms with Gasteiger partial charge in [0.1, 0.15) is 11.5 Å². The highest BCUT2D eigenvalue weighted by atomic mass is 35.5. The van der Waals surface area contributed by atoms with Gasteiger partial charge in [-0.3, -0.25) is 9.78 Å². The summed E-state index contributed by atoms with van der Waals surface area (Å²) in [5.41, 5.74) is 1.87. The lowest BCUT2D eigenvalue weighted by Crippen LogP contribution is -2.14. The van der Waals surface area contributed by atoms with E-state index in [2.05, 4.69) is 15.1 Å². The summed E-state index contributed by atoms with van der Waals surface area (Å²) >= 11 is 6.42. The van der Waals surface area contributed by atoms with E-state index in [0.717, 1.165) is 17.5 Å². The number of halogens is 1. The first-order chi connectivity index (χ1) is 14.4.